The minimum absolute atomic E-state index is 0.102. The summed E-state index contributed by atoms with van der Waals surface area (Å²) in [4.78, 5) is 19.0. The van der Waals surface area contributed by atoms with E-state index >= 15 is 0 Å². The zero-order valence-electron chi connectivity index (χ0n) is 11.2. The summed E-state index contributed by atoms with van der Waals surface area (Å²) in [6.07, 6.45) is 4.29. The van der Waals surface area contributed by atoms with E-state index in [0.29, 0.717) is 0 Å². The molecule has 0 aromatic carbocycles. The number of thiophene rings is 1. The lowest BCUT2D eigenvalue weighted by Gasteiger charge is -2.30. The van der Waals surface area contributed by atoms with Gasteiger partial charge in [0.15, 0.2) is 0 Å². The maximum atomic E-state index is 12.2. The summed E-state index contributed by atoms with van der Waals surface area (Å²) in [5.74, 6) is 0.781. The van der Waals surface area contributed by atoms with Crippen molar-refractivity contribution in [1.82, 2.24) is 14.5 Å². The molecule has 5 heteroatoms. The van der Waals surface area contributed by atoms with Crippen molar-refractivity contribution in [3.63, 3.8) is 0 Å². The maximum absolute atomic E-state index is 12.2. The van der Waals surface area contributed by atoms with Crippen molar-refractivity contribution in [2.45, 2.75) is 26.3 Å². The van der Waals surface area contributed by atoms with E-state index < -0.39 is 0 Å². The highest BCUT2D eigenvalue weighted by Gasteiger charge is 2.16. The molecular formula is C14H19N3OS. The largest absolute Gasteiger partial charge is 0.301 e. The zero-order valence-corrected chi connectivity index (χ0v) is 12.0. The summed E-state index contributed by atoms with van der Waals surface area (Å²) < 4.78 is 2.52. The van der Waals surface area contributed by atoms with Gasteiger partial charge in [0.2, 0.25) is 0 Å². The minimum Gasteiger partial charge on any atom is -0.301 e. The lowest BCUT2D eigenvalue weighted by molar-refractivity contribution is 0.177. The highest BCUT2D eigenvalue weighted by atomic mass is 32.1. The number of nitrogens with zero attached hydrogens (tertiary/aromatic N) is 3. The quantitative estimate of drug-likeness (QED) is 0.863. The van der Waals surface area contributed by atoms with Crippen LogP contribution in [0.3, 0.4) is 0 Å². The van der Waals surface area contributed by atoms with E-state index in [4.69, 9.17) is 0 Å². The lowest BCUT2D eigenvalue weighted by atomic mass is 10.0. The van der Waals surface area contributed by atoms with Gasteiger partial charge in [-0.3, -0.25) is 9.36 Å². The molecule has 2 aromatic heterocycles. The molecule has 19 heavy (non-hydrogen) atoms. The molecule has 0 aliphatic carbocycles. The molecule has 0 N–H and O–H groups in total. The van der Waals surface area contributed by atoms with Gasteiger partial charge in [0.05, 0.1) is 11.8 Å². The third-order valence-corrected chi connectivity index (χ3v) is 4.73. The average molecular weight is 277 g/mol. The summed E-state index contributed by atoms with van der Waals surface area (Å²) in [7, 11) is 0. The molecule has 3 rings (SSSR count). The molecule has 1 saturated heterocycles. The Morgan fingerprint density at radius 1 is 1.47 bits per heavy atom. The molecule has 1 fully saturated rings. The Bertz CT molecular complexity index is 618. The highest BCUT2D eigenvalue weighted by Crippen LogP contribution is 2.15. The molecule has 0 spiro atoms. The van der Waals surface area contributed by atoms with Crippen molar-refractivity contribution in [1.29, 1.82) is 0 Å². The van der Waals surface area contributed by atoms with Gasteiger partial charge in [-0.25, -0.2) is 4.98 Å². The predicted octanol–water partition coefficient (Wildman–Crippen LogP) is 2.19. The smallest absolute Gasteiger partial charge is 0.271 e. The van der Waals surface area contributed by atoms with Crippen LogP contribution in [0.25, 0.3) is 10.2 Å². The molecule has 0 saturated carbocycles. The Balaban J connectivity index is 1.71. The van der Waals surface area contributed by atoms with Crippen LogP contribution >= 0.6 is 11.3 Å². The predicted molar refractivity (Wildman–Crippen MR) is 78.7 cm³/mol. The number of hydrogen-bond acceptors (Lipinski definition) is 4. The van der Waals surface area contributed by atoms with Crippen LogP contribution in [0.15, 0.2) is 22.6 Å². The Kier molecular flexibility index (Phi) is 3.66. The van der Waals surface area contributed by atoms with Crippen molar-refractivity contribution < 1.29 is 0 Å². The average Bonchev–Trinajstić information content (AvgIpc) is 2.87. The lowest BCUT2D eigenvalue weighted by Crippen LogP contribution is -2.37. The van der Waals surface area contributed by atoms with E-state index in [2.05, 4.69) is 16.8 Å². The van der Waals surface area contributed by atoms with Gasteiger partial charge in [-0.1, -0.05) is 6.92 Å². The molecule has 0 unspecified atom stereocenters. The van der Waals surface area contributed by atoms with E-state index in [9.17, 15) is 4.79 Å². The number of piperidine rings is 1. The standard InChI is InChI=1S/C14H19N3OS/c1-11-3-2-5-16(9-11)6-7-17-10-15-12-4-8-19-13(12)14(17)18/h4,8,10-11H,2-3,5-7,9H2,1H3/t11-/m1/s1. The first-order chi connectivity index (χ1) is 9.24. The van der Waals surface area contributed by atoms with Crippen LogP contribution in [0.1, 0.15) is 19.8 Å². The number of likely N-dealkylation sites (tertiary alicyclic amines) is 1. The number of fused-ring (bicyclic) bond motifs is 1. The monoisotopic (exact) mass is 277 g/mol. The van der Waals surface area contributed by atoms with Gasteiger partial charge in [-0.2, -0.15) is 0 Å². The molecule has 2 aromatic rings. The Hall–Kier alpha value is -1.20. The summed E-state index contributed by atoms with van der Waals surface area (Å²) in [6, 6.07) is 1.90. The first-order valence-electron chi connectivity index (χ1n) is 6.89. The van der Waals surface area contributed by atoms with Gasteiger partial charge in [-0.05, 0) is 36.8 Å². The molecule has 1 aliphatic rings. The minimum atomic E-state index is 0.102. The fourth-order valence-electron chi connectivity index (χ4n) is 2.78. The van der Waals surface area contributed by atoms with Gasteiger partial charge < -0.3 is 4.90 Å². The summed E-state index contributed by atoms with van der Waals surface area (Å²) >= 11 is 1.48. The Morgan fingerprint density at radius 2 is 2.37 bits per heavy atom. The molecule has 4 nitrogen and oxygen atoms in total. The molecular weight excluding hydrogens is 258 g/mol. The first-order valence-corrected chi connectivity index (χ1v) is 7.77. The highest BCUT2D eigenvalue weighted by molar-refractivity contribution is 7.17. The molecule has 1 aliphatic heterocycles. The number of aromatic nitrogens is 2. The van der Waals surface area contributed by atoms with Crippen LogP contribution in [-0.4, -0.2) is 34.1 Å². The molecule has 102 valence electrons. The van der Waals surface area contributed by atoms with E-state index in [0.717, 1.165) is 42.3 Å². The first kappa shape index (κ1) is 12.8. The Morgan fingerprint density at radius 3 is 3.21 bits per heavy atom. The fourth-order valence-corrected chi connectivity index (χ4v) is 3.57. The normalized spacial score (nSPS) is 21.0. The fraction of sp³-hybridized carbons (Fsp3) is 0.571. The third kappa shape index (κ3) is 2.72. The summed E-state index contributed by atoms with van der Waals surface area (Å²) in [5.41, 5.74) is 0.919. The van der Waals surface area contributed by atoms with Gasteiger partial charge in [-0.15, -0.1) is 11.3 Å². The molecule has 0 radical (unpaired) electrons. The SMILES string of the molecule is C[C@@H]1CCCN(CCn2cnc3ccsc3c2=O)C1. The number of hydrogen-bond donors (Lipinski definition) is 0. The van der Waals surface area contributed by atoms with Crippen LogP contribution in [0.4, 0.5) is 0 Å². The van der Waals surface area contributed by atoms with E-state index in [-0.39, 0.29) is 5.56 Å². The second kappa shape index (κ2) is 5.43. The van der Waals surface area contributed by atoms with Gasteiger partial charge >= 0.3 is 0 Å². The van der Waals surface area contributed by atoms with Crippen LogP contribution < -0.4 is 5.56 Å². The second-order valence-corrected chi connectivity index (χ2v) is 6.34. The van der Waals surface area contributed by atoms with Crippen molar-refractivity contribution in [3.05, 3.63) is 28.1 Å². The van der Waals surface area contributed by atoms with Crippen LogP contribution in [0.5, 0.6) is 0 Å². The van der Waals surface area contributed by atoms with Gasteiger partial charge in [0.25, 0.3) is 5.56 Å². The van der Waals surface area contributed by atoms with E-state index in [1.807, 2.05) is 11.4 Å². The summed E-state index contributed by atoms with van der Waals surface area (Å²) in [6.45, 7) is 6.31. The van der Waals surface area contributed by atoms with Crippen molar-refractivity contribution >= 4 is 21.6 Å². The third-order valence-electron chi connectivity index (χ3n) is 3.83. The zero-order chi connectivity index (χ0) is 13.2. The maximum Gasteiger partial charge on any atom is 0.271 e. The van der Waals surface area contributed by atoms with Gasteiger partial charge in [0.1, 0.15) is 4.70 Å². The second-order valence-electron chi connectivity index (χ2n) is 5.43. The van der Waals surface area contributed by atoms with E-state index in [1.54, 1.807) is 10.9 Å². The van der Waals surface area contributed by atoms with Crippen LogP contribution in [0, 0.1) is 5.92 Å². The topological polar surface area (TPSA) is 38.1 Å². The molecule has 1 atom stereocenters. The molecule has 0 bridgehead atoms. The van der Waals surface area contributed by atoms with Gasteiger partial charge in [0, 0.05) is 19.6 Å². The van der Waals surface area contributed by atoms with Crippen LogP contribution in [0.2, 0.25) is 0 Å². The molecule has 3 heterocycles. The Labute approximate surface area is 116 Å². The van der Waals surface area contributed by atoms with Crippen molar-refractivity contribution in [2.75, 3.05) is 19.6 Å². The van der Waals surface area contributed by atoms with Crippen LogP contribution in [-0.2, 0) is 6.54 Å². The molecule has 0 amide bonds. The van der Waals surface area contributed by atoms with Crippen molar-refractivity contribution in [2.24, 2.45) is 5.92 Å². The summed E-state index contributed by atoms with van der Waals surface area (Å²) in [5, 5.41) is 1.93. The van der Waals surface area contributed by atoms with E-state index in [1.165, 1.54) is 24.2 Å². The number of rotatable bonds is 3. The van der Waals surface area contributed by atoms with Crippen molar-refractivity contribution in [3.8, 4) is 0 Å².